The Hall–Kier alpha value is -1.82. The molecule has 0 spiro atoms. The van der Waals surface area contributed by atoms with Gasteiger partial charge in [0, 0.05) is 45.1 Å². The standard InChI is InChI=1S/C19H22FN3O/c20-17-3-1-2-16(10-17)11-22-13-18-19(14-22)24-9-8-23(18)12-15-4-6-21-7-5-15/h1-7,10,18-19H,8-9,11-14H2/t18-,19+/m1/s1. The lowest BCUT2D eigenvalue weighted by Crippen LogP contribution is -2.50. The van der Waals surface area contributed by atoms with Gasteiger partial charge in [0.25, 0.3) is 0 Å². The molecule has 0 saturated carbocycles. The molecule has 0 N–H and O–H groups in total. The number of halogens is 1. The summed E-state index contributed by atoms with van der Waals surface area (Å²) < 4.78 is 19.4. The van der Waals surface area contributed by atoms with Gasteiger partial charge in [-0.1, -0.05) is 12.1 Å². The summed E-state index contributed by atoms with van der Waals surface area (Å²) in [6.07, 6.45) is 3.94. The largest absolute Gasteiger partial charge is 0.374 e. The highest BCUT2D eigenvalue weighted by Gasteiger charge is 2.39. The second-order valence-electron chi connectivity index (χ2n) is 6.63. The molecule has 2 atom stereocenters. The number of pyridine rings is 1. The van der Waals surface area contributed by atoms with E-state index in [-0.39, 0.29) is 11.9 Å². The van der Waals surface area contributed by atoms with Crippen molar-refractivity contribution in [1.82, 2.24) is 14.8 Å². The molecule has 2 aromatic rings. The summed E-state index contributed by atoms with van der Waals surface area (Å²) in [5.41, 5.74) is 2.31. The average Bonchev–Trinajstić information content (AvgIpc) is 2.99. The van der Waals surface area contributed by atoms with Gasteiger partial charge >= 0.3 is 0 Å². The zero-order valence-corrected chi connectivity index (χ0v) is 13.6. The third kappa shape index (κ3) is 3.48. The van der Waals surface area contributed by atoms with Crippen LogP contribution in [0.4, 0.5) is 4.39 Å². The van der Waals surface area contributed by atoms with Crippen LogP contribution in [-0.2, 0) is 17.8 Å². The van der Waals surface area contributed by atoms with Crippen LogP contribution in [0, 0.1) is 5.82 Å². The maximum absolute atomic E-state index is 13.4. The van der Waals surface area contributed by atoms with Crippen molar-refractivity contribution in [2.45, 2.75) is 25.2 Å². The van der Waals surface area contributed by atoms with Gasteiger partial charge in [0.1, 0.15) is 5.82 Å². The van der Waals surface area contributed by atoms with Crippen LogP contribution in [0.25, 0.3) is 0 Å². The summed E-state index contributed by atoms with van der Waals surface area (Å²) in [4.78, 5) is 8.97. The molecule has 1 aromatic heterocycles. The van der Waals surface area contributed by atoms with E-state index < -0.39 is 0 Å². The van der Waals surface area contributed by atoms with E-state index in [4.69, 9.17) is 4.74 Å². The van der Waals surface area contributed by atoms with Crippen molar-refractivity contribution in [3.63, 3.8) is 0 Å². The first-order chi connectivity index (χ1) is 11.8. The first-order valence-corrected chi connectivity index (χ1v) is 8.49. The molecule has 2 aliphatic heterocycles. The number of fused-ring (bicyclic) bond motifs is 1. The Balaban J connectivity index is 1.42. The number of morpholine rings is 1. The SMILES string of the molecule is Fc1cccc(CN2C[C@@H]3OCCN(Cc4ccncc4)[C@@H]3C2)c1. The van der Waals surface area contributed by atoms with Crippen LogP contribution in [0.2, 0.25) is 0 Å². The number of hydrogen-bond acceptors (Lipinski definition) is 4. The van der Waals surface area contributed by atoms with Gasteiger partial charge in [-0.05, 0) is 35.4 Å². The van der Waals surface area contributed by atoms with E-state index in [9.17, 15) is 4.39 Å². The van der Waals surface area contributed by atoms with Gasteiger partial charge in [-0.25, -0.2) is 4.39 Å². The maximum Gasteiger partial charge on any atom is 0.123 e. The zero-order valence-electron chi connectivity index (χ0n) is 13.6. The second kappa shape index (κ2) is 6.97. The molecule has 4 nitrogen and oxygen atoms in total. The van der Waals surface area contributed by atoms with Gasteiger partial charge in [0.15, 0.2) is 0 Å². The molecule has 5 heteroatoms. The van der Waals surface area contributed by atoms with Crippen LogP contribution in [0.5, 0.6) is 0 Å². The Labute approximate surface area is 141 Å². The van der Waals surface area contributed by atoms with E-state index in [1.807, 2.05) is 18.5 Å². The molecule has 4 rings (SSSR count). The fourth-order valence-electron chi connectivity index (χ4n) is 3.78. The number of aromatic nitrogens is 1. The monoisotopic (exact) mass is 327 g/mol. The molecule has 0 unspecified atom stereocenters. The molecule has 3 heterocycles. The third-order valence-corrected chi connectivity index (χ3v) is 4.92. The van der Waals surface area contributed by atoms with Crippen LogP contribution >= 0.6 is 0 Å². The Morgan fingerprint density at radius 2 is 1.96 bits per heavy atom. The molecule has 2 saturated heterocycles. The van der Waals surface area contributed by atoms with Crippen LogP contribution in [0.3, 0.4) is 0 Å². The second-order valence-corrected chi connectivity index (χ2v) is 6.63. The number of likely N-dealkylation sites (tertiary alicyclic amines) is 1. The summed E-state index contributed by atoms with van der Waals surface area (Å²) in [5, 5.41) is 0. The molecule has 2 aliphatic rings. The number of rotatable bonds is 4. The van der Waals surface area contributed by atoms with Gasteiger partial charge in [0.2, 0.25) is 0 Å². The molecule has 2 fully saturated rings. The van der Waals surface area contributed by atoms with Crippen molar-refractivity contribution in [3.8, 4) is 0 Å². The summed E-state index contributed by atoms with van der Waals surface area (Å²) in [5.74, 6) is -0.167. The Morgan fingerprint density at radius 3 is 2.79 bits per heavy atom. The van der Waals surface area contributed by atoms with Gasteiger partial charge in [0.05, 0.1) is 18.8 Å². The molecule has 126 valence electrons. The van der Waals surface area contributed by atoms with Gasteiger partial charge in [-0.2, -0.15) is 0 Å². The Kier molecular flexibility index (Phi) is 4.56. The van der Waals surface area contributed by atoms with Crippen molar-refractivity contribution < 1.29 is 9.13 Å². The molecule has 0 aliphatic carbocycles. The molecule has 1 aromatic carbocycles. The lowest BCUT2D eigenvalue weighted by atomic mass is 10.1. The van der Waals surface area contributed by atoms with E-state index in [0.29, 0.717) is 6.04 Å². The predicted octanol–water partition coefficient (Wildman–Crippen LogP) is 2.31. The average molecular weight is 327 g/mol. The van der Waals surface area contributed by atoms with Gasteiger partial charge in [-0.15, -0.1) is 0 Å². The van der Waals surface area contributed by atoms with E-state index in [0.717, 1.165) is 44.9 Å². The third-order valence-electron chi connectivity index (χ3n) is 4.92. The summed E-state index contributed by atoms with van der Waals surface area (Å²) in [7, 11) is 0. The van der Waals surface area contributed by atoms with E-state index in [2.05, 4.69) is 26.9 Å². The predicted molar refractivity (Wildman–Crippen MR) is 89.9 cm³/mol. The van der Waals surface area contributed by atoms with Crippen molar-refractivity contribution in [2.75, 3.05) is 26.2 Å². The van der Waals surface area contributed by atoms with Crippen LogP contribution in [-0.4, -0.2) is 53.2 Å². The molecule has 24 heavy (non-hydrogen) atoms. The number of ether oxygens (including phenoxy) is 1. The van der Waals surface area contributed by atoms with Crippen LogP contribution in [0.15, 0.2) is 48.8 Å². The van der Waals surface area contributed by atoms with Crippen molar-refractivity contribution in [3.05, 3.63) is 65.7 Å². The van der Waals surface area contributed by atoms with Gasteiger partial charge < -0.3 is 4.74 Å². The highest BCUT2D eigenvalue weighted by atomic mass is 19.1. The molecule has 0 amide bonds. The van der Waals surface area contributed by atoms with Crippen molar-refractivity contribution in [1.29, 1.82) is 0 Å². The van der Waals surface area contributed by atoms with Crippen molar-refractivity contribution in [2.24, 2.45) is 0 Å². The number of benzene rings is 1. The smallest absolute Gasteiger partial charge is 0.123 e. The van der Waals surface area contributed by atoms with Crippen LogP contribution < -0.4 is 0 Å². The quantitative estimate of drug-likeness (QED) is 0.862. The summed E-state index contributed by atoms with van der Waals surface area (Å²) in [6, 6.07) is 11.4. The minimum atomic E-state index is -0.167. The fourth-order valence-corrected chi connectivity index (χ4v) is 3.78. The van der Waals surface area contributed by atoms with E-state index in [1.54, 1.807) is 12.1 Å². The first-order valence-electron chi connectivity index (χ1n) is 8.49. The summed E-state index contributed by atoms with van der Waals surface area (Å²) in [6.45, 7) is 5.32. The molecule has 0 radical (unpaired) electrons. The van der Waals surface area contributed by atoms with Crippen molar-refractivity contribution >= 4 is 0 Å². The van der Waals surface area contributed by atoms with Crippen LogP contribution in [0.1, 0.15) is 11.1 Å². The molecule has 0 bridgehead atoms. The topological polar surface area (TPSA) is 28.6 Å². The van der Waals surface area contributed by atoms with Gasteiger partial charge in [-0.3, -0.25) is 14.8 Å². The molecular weight excluding hydrogens is 305 g/mol. The normalized spacial score (nSPS) is 24.9. The zero-order chi connectivity index (χ0) is 16.4. The van der Waals surface area contributed by atoms with E-state index >= 15 is 0 Å². The minimum Gasteiger partial charge on any atom is -0.374 e. The fraction of sp³-hybridized carbons (Fsp3) is 0.421. The Bertz CT molecular complexity index is 681. The Morgan fingerprint density at radius 1 is 1.08 bits per heavy atom. The first kappa shape index (κ1) is 15.7. The highest BCUT2D eigenvalue weighted by Crippen LogP contribution is 2.25. The number of hydrogen-bond donors (Lipinski definition) is 0. The summed E-state index contributed by atoms with van der Waals surface area (Å²) >= 11 is 0. The molecular formula is C19H22FN3O. The van der Waals surface area contributed by atoms with E-state index in [1.165, 1.54) is 11.6 Å². The lowest BCUT2D eigenvalue weighted by Gasteiger charge is -2.36. The number of nitrogens with zero attached hydrogens (tertiary/aromatic N) is 3. The maximum atomic E-state index is 13.4. The minimum absolute atomic E-state index is 0.167. The highest BCUT2D eigenvalue weighted by molar-refractivity contribution is 5.17. The lowest BCUT2D eigenvalue weighted by molar-refractivity contribution is -0.0504.